The lowest BCUT2D eigenvalue weighted by molar-refractivity contribution is 0.0784. The number of carbonyl (C=O) groups is 3. The van der Waals surface area contributed by atoms with Gasteiger partial charge in [-0.2, -0.15) is 0 Å². The predicted molar refractivity (Wildman–Crippen MR) is 192 cm³/mol. The van der Waals surface area contributed by atoms with Gasteiger partial charge in [-0.3, -0.25) is 4.79 Å². The van der Waals surface area contributed by atoms with Crippen LogP contribution in [0.15, 0.2) is 41.6 Å². The van der Waals surface area contributed by atoms with Gasteiger partial charge in [0.1, 0.15) is 7.11 Å². The van der Waals surface area contributed by atoms with Gasteiger partial charge in [-0.15, -0.1) is 0 Å². The Labute approximate surface area is 302 Å². The number of halogens is 4. The van der Waals surface area contributed by atoms with Crippen LogP contribution >= 0.6 is 46.4 Å². The molecule has 0 bridgehead atoms. The lowest BCUT2D eigenvalue weighted by Gasteiger charge is -2.43. The maximum absolute atomic E-state index is 13.4. The summed E-state index contributed by atoms with van der Waals surface area (Å²) in [5, 5.41) is 11.3. The van der Waals surface area contributed by atoms with Crippen LogP contribution in [-0.4, -0.2) is 123 Å². The van der Waals surface area contributed by atoms with E-state index in [0.717, 1.165) is 51.0 Å². The minimum Gasteiger partial charge on any atom is -0.399 e. The number of nitrogens with zero attached hydrogens (tertiary/aromatic N) is 5. The topological polar surface area (TPSA) is 110 Å². The van der Waals surface area contributed by atoms with Crippen LogP contribution in [0.2, 0.25) is 20.1 Å². The molecule has 2 fully saturated rings. The van der Waals surface area contributed by atoms with Crippen molar-refractivity contribution in [2.75, 3.05) is 73.6 Å². The molecule has 0 spiro atoms. The van der Waals surface area contributed by atoms with Gasteiger partial charge in [-0.25, -0.2) is 9.59 Å². The molecule has 2 heterocycles. The van der Waals surface area contributed by atoms with Crippen molar-refractivity contribution < 1.29 is 19.2 Å². The number of urea groups is 2. The third kappa shape index (κ3) is 10.3. The summed E-state index contributed by atoms with van der Waals surface area (Å²) in [6.07, 6.45) is 3.32. The van der Waals surface area contributed by atoms with Crippen molar-refractivity contribution in [1.29, 1.82) is 0 Å². The number of piperidine rings is 1. The van der Waals surface area contributed by atoms with Crippen LogP contribution < -0.4 is 10.6 Å². The maximum Gasteiger partial charge on any atom is 0.320 e. The van der Waals surface area contributed by atoms with Crippen LogP contribution in [0.4, 0.5) is 9.59 Å². The second kappa shape index (κ2) is 18.2. The monoisotopic (exact) mass is 741 g/mol. The highest BCUT2D eigenvalue weighted by Gasteiger charge is 2.33. The standard InChI is InChI=1S/C33H43Cl4N7O4/c1-38-32(46)39-10-16-43-11-4-12-44(33(43)47)26-7-13-42(14-8-26)15-9-27(22-5-6-28(36)29(37)19-22)30(40-48-3)21-41(2)31(45)23-17-24(34)20-25(35)18-23/h5-6,17-20,26-27H,4,7-16,21H2,1-3H3,(H2,38,39,46)/b40-30+/t27-/m1/s1. The lowest BCUT2D eigenvalue weighted by atomic mass is 9.89. The second-order valence-electron chi connectivity index (χ2n) is 12.0. The van der Waals surface area contributed by atoms with Gasteiger partial charge in [0.25, 0.3) is 5.91 Å². The quantitative estimate of drug-likeness (QED) is 0.191. The summed E-state index contributed by atoms with van der Waals surface area (Å²) in [6, 6.07) is 10.2. The zero-order valence-electron chi connectivity index (χ0n) is 27.5. The van der Waals surface area contributed by atoms with Crippen LogP contribution in [0.5, 0.6) is 0 Å². The summed E-state index contributed by atoms with van der Waals surface area (Å²) >= 11 is 25.0. The van der Waals surface area contributed by atoms with Crippen molar-refractivity contribution in [2.45, 2.75) is 37.6 Å². The van der Waals surface area contributed by atoms with Gasteiger partial charge in [-0.1, -0.05) is 57.6 Å². The molecular weight excluding hydrogens is 700 g/mol. The molecule has 262 valence electrons. The third-order valence-electron chi connectivity index (χ3n) is 8.78. The van der Waals surface area contributed by atoms with Crippen LogP contribution in [0.1, 0.15) is 47.5 Å². The van der Waals surface area contributed by atoms with Crippen molar-refractivity contribution in [3.05, 3.63) is 67.6 Å². The number of hydrogen-bond donors (Lipinski definition) is 2. The molecule has 0 radical (unpaired) electrons. The molecule has 0 saturated carbocycles. The highest BCUT2D eigenvalue weighted by atomic mass is 35.5. The van der Waals surface area contributed by atoms with E-state index in [9.17, 15) is 14.4 Å². The minimum absolute atomic E-state index is 0.0391. The zero-order valence-corrected chi connectivity index (χ0v) is 30.5. The number of carbonyl (C=O) groups excluding carboxylic acids is 3. The average Bonchev–Trinajstić information content (AvgIpc) is 3.06. The SMILES string of the molecule is CNC(=O)NCCN1CCCN(C2CCN(CC[C@@H](/C(CN(C)C(=O)c3cc(Cl)cc(Cl)c3)=N/OC)c3ccc(Cl)c(Cl)c3)CC2)C1=O. The Morgan fingerprint density at radius 3 is 2.35 bits per heavy atom. The van der Waals surface area contributed by atoms with Gasteiger partial charge in [0.05, 0.1) is 22.3 Å². The summed E-state index contributed by atoms with van der Waals surface area (Å²) < 4.78 is 0. The Morgan fingerprint density at radius 2 is 1.71 bits per heavy atom. The van der Waals surface area contributed by atoms with Crippen LogP contribution in [-0.2, 0) is 4.84 Å². The maximum atomic E-state index is 13.4. The Bertz CT molecular complexity index is 1450. The first kappa shape index (κ1) is 37.9. The molecule has 0 unspecified atom stereocenters. The first-order chi connectivity index (χ1) is 23.0. The number of hydrogen-bond acceptors (Lipinski definition) is 6. The fourth-order valence-corrected chi connectivity index (χ4v) is 7.13. The highest BCUT2D eigenvalue weighted by Crippen LogP contribution is 2.31. The predicted octanol–water partition coefficient (Wildman–Crippen LogP) is 6.07. The number of likely N-dealkylation sites (tertiary alicyclic amines) is 1. The first-order valence-electron chi connectivity index (χ1n) is 16.0. The number of nitrogens with one attached hydrogen (secondary N) is 2. The molecule has 5 amide bonds. The summed E-state index contributed by atoms with van der Waals surface area (Å²) in [7, 11) is 4.74. The van der Waals surface area contributed by atoms with E-state index in [1.54, 1.807) is 43.3 Å². The fourth-order valence-electron chi connectivity index (χ4n) is 6.30. The number of amides is 5. The first-order valence-corrected chi connectivity index (χ1v) is 17.5. The van der Waals surface area contributed by atoms with E-state index in [2.05, 4.69) is 20.7 Å². The van der Waals surface area contributed by atoms with Gasteiger partial charge >= 0.3 is 12.1 Å². The molecule has 0 aromatic heterocycles. The normalized spacial score (nSPS) is 16.9. The molecule has 0 aliphatic carbocycles. The van der Waals surface area contributed by atoms with E-state index in [0.29, 0.717) is 57.4 Å². The Morgan fingerprint density at radius 1 is 1.00 bits per heavy atom. The largest absolute Gasteiger partial charge is 0.399 e. The third-order valence-corrected chi connectivity index (χ3v) is 9.96. The minimum atomic E-state index is -0.258. The molecule has 2 saturated heterocycles. The zero-order chi connectivity index (χ0) is 34.8. The molecule has 2 N–H and O–H groups in total. The van der Waals surface area contributed by atoms with Crippen molar-refractivity contribution >= 4 is 70.1 Å². The van der Waals surface area contributed by atoms with Gasteiger partial charge in [0.2, 0.25) is 0 Å². The van der Waals surface area contributed by atoms with Crippen molar-refractivity contribution in [2.24, 2.45) is 5.16 Å². The number of rotatable bonds is 13. The molecule has 11 nitrogen and oxygen atoms in total. The highest BCUT2D eigenvalue weighted by molar-refractivity contribution is 6.42. The van der Waals surface area contributed by atoms with E-state index in [1.807, 2.05) is 21.9 Å². The van der Waals surface area contributed by atoms with Crippen molar-refractivity contribution in [1.82, 2.24) is 30.2 Å². The molecule has 4 rings (SSSR count). The Hall–Kier alpha value is -2.96. The number of benzene rings is 2. The van der Waals surface area contributed by atoms with E-state index in [1.165, 1.54) is 7.11 Å². The average molecular weight is 744 g/mol. The molecule has 2 aliphatic rings. The summed E-state index contributed by atoms with van der Waals surface area (Å²) in [5.41, 5.74) is 1.93. The Balaban J connectivity index is 1.41. The van der Waals surface area contributed by atoms with Crippen molar-refractivity contribution in [3.63, 3.8) is 0 Å². The Kier molecular flexibility index (Phi) is 14.3. The molecule has 48 heavy (non-hydrogen) atoms. The van der Waals surface area contributed by atoms with Crippen LogP contribution in [0, 0.1) is 0 Å². The molecule has 1 atom stereocenters. The van der Waals surface area contributed by atoms with Gasteiger partial charge in [0, 0.05) is 80.9 Å². The summed E-state index contributed by atoms with van der Waals surface area (Å²) in [5.74, 6) is -0.483. The van der Waals surface area contributed by atoms with Gasteiger partial charge in [-0.05, 0) is 68.1 Å². The molecule has 15 heteroatoms. The van der Waals surface area contributed by atoms with Gasteiger partial charge in [0.15, 0.2) is 0 Å². The van der Waals surface area contributed by atoms with Gasteiger partial charge < -0.3 is 35.1 Å². The van der Waals surface area contributed by atoms with E-state index < -0.39 is 0 Å². The summed E-state index contributed by atoms with van der Waals surface area (Å²) in [4.78, 5) is 51.2. The molecule has 2 aromatic rings. The molecule has 2 aromatic carbocycles. The van der Waals surface area contributed by atoms with Crippen molar-refractivity contribution in [3.8, 4) is 0 Å². The lowest BCUT2D eigenvalue weighted by Crippen LogP contribution is -2.56. The van der Waals surface area contributed by atoms with Crippen LogP contribution in [0.3, 0.4) is 0 Å². The van der Waals surface area contributed by atoms with E-state index >= 15 is 0 Å². The summed E-state index contributed by atoms with van der Waals surface area (Å²) in [6.45, 7) is 4.95. The number of oxime groups is 1. The van der Waals surface area contributed by atoms with Crippen LogP contribution in [0.25, 0.3) is 0 Å². The molecular formula is C33H43Cl4N7O4. The molecule has 2 aliphatic heterocycles. The fraction of sp³-hybridized carbons (Fsp3) is 0.515. The smallest absolute Gasteiger partial charge is 0.320 e. The second-order valence-corrected chi connectivity index (χ2v) is 13.7. The van der Waals surface area contributed by atoms with E-state index in [-0.39, 0.29) is 36.5 Å². The van der Waals surface area contributed by atoms with E-state index in [4.69, 9.17) is 51.2 Å².